The largest absolute Gasteiger partial charge is 0.476 e. The van der Waals surface area contributed by atoms with Gasteiger partial charge in [-0.15, -0.1) is 0 Å². The molecule has 0 atom stereocenters. The zero-order valence-corrected chi connectivity index (χ0v) is 15.8. The van der Waals surface area contributed by atoms with Gasteiger partial charge >= 0.3 is 7.82 Å². The minimum absolute atomic E-state index is 0.272. The molecule has 0 unspecified atom stereocenters. The van der Waals surface area contributed by atoms with Crippen molar-refractivity contribution >= 4 is 7.82 Å². The van der Waals surface area contributed by atoms with E-state index in [2.05, 4.69) is 18.7 Å². The molecular formula is C16H35N2O4P. The normalized spacial score (nSPS) is 17.7. The third-order valence-electron chi connectivity index (χ3n) is 4.03. The van der Waals surface area contributed by atoms with Crippen LogP contribution in [0.25, 0.3) is 0 Å². The van der Waals surface area contributed by atoms with E-state index < -0.39 is 7.82 Å². The van der Waals surface area contributed by atoms with E-state index in [-0.39, 0.29) is 12.8 Å². The number of hydrogen-bond donors (Lipinski definition) is 1. The summed E-state index contributed by atoms with van der Waals surface area (Å²) in [5.74, 6) is 0. The third kappa shape index (κ3) is 9.80. The first-order valence-corrected chi connectivity index (χ1v) is 10.6. The van der Waals surface area contributed by atoms with Crippen molar-refractivity contribution in [2.75, 3.05) is 33.0 Å². The van der Waals surface area contributed by atoms with Crippen molar-refractivity contribution in [1.29, 1.82) is 0 Å². The summed E-state index contributed by atoms with van der Waals surface area (Å²) in [6.45, 7) is 7.11. The fourth-order valence-corrected chi connectivity index (χ4v) is 3.64. The quantitative estimate of drug-likeness (QED) is 0.401. The van der Waals surface area contributed by atoms with Gasteiger partial charge in [0, 0.05) is 19.1 Å². The molecule has 1 heterocycles. The lowest BCUT2D eigenvalue weighted by molar-refractivity contribution is 0.0462. The highest BCUT2D eigenvalue weighted by molar-refractivity contribution is 7.48. The van der Waals surface area contributed by atoms with Gasteiger partial charge in [0.25, 0.3) is 0 Å². The molecule has 0 amide bonds. The van der Waals surface area contributed by atoms with Crippen LogP contribution in [-0.2, 0) is 18.1 Å². The number of unbranched alkanes of at least 4 members (excludes halogenated alkanes) is 4. The Morgan fingerprint density at radius 3 is 1.96 bits per heavy atom. The van der Waals surface area contributed by atoms with Gasteiger partial charge < -0.3 is 5.73 Å². The summed E-state index contributed by atoms with van der Waals surface area (Å²) >= 11 is 0. The summed E-state index contributed by atoms with van der Waals surface area (Å²) in [5, 5.41) is 0. The Hall–Kier alpha value is 0.0300. The average molecular weight is 350 g/mol. The van der Waals surface area contributed by atoms with Crippen LogP contribution in [-0.4, -0.2) is 44.0 Å². The van der Waals surface area contributed by atoms with E-state index >= 15 is 0 Å². The number of rotatable bonds is 13. The third-order valence-corrected chi connectivity index (χ3v) is 5.45. The standard InChI is InChI=1S/C16H35N2O4P/c1-3-5-7-13-20-23(19,21-14-8-6-4-2)22-15-18-11-9-16(17)10-12-18/h16H,3-15,17H2,1-2H3. The van der Waals surface area contributed by atoms with Gasteiger partial charge in [-0.3, -0.25) is 18.5 Å². The van der Waals surface area contributed by atoms with Gasteiger partial charge in [-0.2, -0.15) is 0 Å². The van der Waals surface area contributed by atoms with Crippen LogP contribution in [0.5, 0.6) is 0 Å². The molecule has 0 saturated carbocycles. The van der Waals surface area contributed by atoms with Gasteiger partial charge in [0.1, 0.15) is 6.73 Å². The summed E-state index contributed by atoms with van der Waals surface area (Å²) in [6, 6.07) is 0.272. The highest BCUT2D eigenvalue weighted by atomic mass is 31.2. The molecular weight excluding hydrogens is 315 g/mol. The molecule has 0 spiro atoms. The van der Waals surface area contributed by atoms with Crippen molar-refractivity contribution in [3.8, 4) is 0 Å². The lowest BCUT2D eigenvalue weighted by Crippen LogP contribution is -2.40. The molecule has 1 fully saturated rings. The van der Waals surface area contributed by atoms with Crippen LogP contribution < -0.4 is 5.73 Å². The van der Waals surface area contributed by atoms with Gasteiger partial charge in [0.15, 0.2) is 0 Å². The predicted molar refractivity (Wildman–Crippen MR) is 93.3 cm³/mol. The summed E-state index contributed by atoms with van der Waals surface area (Å²) < 4.78 is 29.3. The van der Waals surface area contributed by atoms with Gasteiger partial charge in [-0.1, -0.05) is 39.5 Å². The summed E-state index contributed by atoms with van der Waals surface area (Å²) in [6.07, 6.45) is 7.95. The van der Waals surface area contributed by atoms with Crippen molar-refractivity contribution in [3.63, 3.8) is 0 Å². The number of phosphoric ester groups is 1. The Kier molecular flexibility index (Phi) is 11.4. The zero-order chi connectivity index (χ0) is 17.0. The van der Waals surface area contributed by atoms with E-state index in [1.54, 1.807) is 0 Å². The van der Waals surface area contributed by atoms with Gasteiger partial charge in [-0.05, 0) is 25.7 Å². The van der Waals surface area contributed by atoms with Crippen molar-refractivity contribution in [2.24, 2.45) is 5.73 Å². The SMILES string of the molecule is CCCCCOP(=O)(OCCCCC)OCN1CCC(N)CC1. The Bertz CT molecular complexity index is 320. The van der Waals surface area contributed by atoms with Crippen LogP contribution in [0.15, 0.2) is 0 Å². The highest BCUT2D eigenvalue weighted by Crippen LogP contribution is 2.49. The number of hydrogen-bond acceptors (Lipinski definition) is 6. The second-order valence-corrected chi connectivity index (χ2v) is 7.91. The zero-order valence-electron chi connectivity index (χ0n) is 14.9. The topological polar surface area (TPSA) is 74.0 Å². The number of nitrogens with two attached hydrogens (primary N) is 1. The number of phosphoric acid groups is 1. The van der Waals surface area contributed by atoms with Crippen LogP contribution in [0.1, 0.15) is 65.2 Å². The lowest BCUT2D eigenvalue weighted by Gasteiger charge is -2.30. The van der Waals surface area contributed by atoms with Crippen molar-refractivity contribution < 1.29 is 18.1 Å². The van der Waals surface area contributed by atoms with E-state index in [9.17, 15) is 4.57 Å². The van der Waals surface area contributed by atoms with Crippen LogP contribution in [0, 0.1) is 0 Å². The summed E-state index contributed by atoms with van der Waals surface area (Å²) in [5.41, 5.74) is 5.90. The smallest absolute Gasteiger partial charge is 0.328 e. The first-order chi connectivity index (χ1) is 11.1. The van der Waals surface area contributed by atoms with Gasteiger partial charge in [0.2, 0.25) is 0 Å². The second-order valence-electron chi connectivity index (χ2n) is 6.24. The Labute approximate surface area is 141 Å². The van der Waals surface area contributed by atoms with Crippen LogP contribution in [0.2, 0.25) is 0 Å². The fourth-order valence-electron chi connectivity index (χ4n) is 2.40. The maximum Gasteiger partial charge on any atom is 0.476 e. The van der Waals surface area contributed by atoms with Crippen molar-refractivity contribution in [3.05, 3.63) is 0 Å². The van der Waals surface area contributed by atoms with Crippen LogP contribution in [0.4, 0.5) is 0 Å². The molecule has 0 aliphatic carbocycles. The lowest BCUT2D eigenvalue weighted by atomic mass is 10.1. The highest BCUT2D eigenvalue weighted by Gasteiger charge is 2.28. The molecule has 1 saturated heterocycles. The number of likely N-dealkylation sites (tertiary alicyclic amines) is 1. The van der Waals surface area contributed by atoms with Gasteiger partial charge in [-0.25, -0.2) is 4.57 Å². The Morgan fingerprint density at radius 2 is 1.48 bits per heavy atom. The number of piperidine rings is 1. The molecule has 138 valence electrons. The minimum atomic E-state index is -3.45. The van der Waals surface area contributed by atoms with Crippen LogP contribution >= 0.6 is 7.82 Å². The molecule has 0 aromatic rings. The van der Waals surface area contributed by atoms with E-state index in [0.29, 0.717) is 13.2 Å². The van der Waals surface area contributed by atoms with E-state index in [4.69, 9.17) is 19.3 Å². The molecule has 1 aliphatic heterocycles. The van der Waals surface area contributed by atoms with E-state index in [1.807, 2.05) is 0 Å². The second kappa shape index (κ2) is 12.4. The monoisotopic (exact) mass is 350 g/mol. The maximum absolute atomic E-state index is 12.7. The molecule has 0 bridgehead atoms. The minimum Gasteiger partial charge on any atom is -0.328 e. The summed E-state index contributed by atoms with van der Waals surface area (Å²) in [4.78, 5) is 2.11. The van der Waals surface area contributed by atoms with E-state index in [1.165, 1.54) is 0 Å². The molecule has 1 aliphatic rings. The van der Waals surface area contributed by atoms with Gasteiger partial charge in [0.05, 0.1) is 13.2 Å². The van der Waals surface area contributed by atoms with Crippen LogP contribution in [0.3, 0.4) is 0 Å². The first kappa shape index (κ1) is 21.1. The molecule has 1 rings (SSSR count). The summed E-state index contributed by atoms with van der Waals surface area (Å²) in [7, 11) is -3.45. The molecule has 23 heavy (non-hydrogen) atoms. The maximum atomic E-state index is 12.7. The average Bonchev–Trinajstić information content (AvgIpc) is 2.55. The molecule has 0 aromatic carbocycles. The van der Waals surface area contributed by atoms with E-state index in [0.717, 1.165) is 64.5 Å². The molecule has 0 radical (unpaired) electrons. The first-order valence-electron chi connectivity index (χ1n) is 9.11. The Balaban J connectivity index is 2.37. The van der Waals surface area contributed by atoms with Crippen molar-refractivity contribution in [1.82, 2.24) is 4.90 Å². The molecule has 2 N–H and O–H groups in total. The molecule has 7 heteroatoms. The van der Waals surface area contributed by atoms with Crippen molar-refractivity contribution in [2.45, 2.75) is 71.3 Å². The number of nitrogens with zero attached hydrogens (tertiary/aromatic N) is 1. The fraction of sp³-hybridized carbons (Fsp3) is 1.00. The molecule has 6 nitrogen and oxygen atoms in total. The molecule has 0 aromatic heterocycles. The predicted octanol–water partition coefficient (Wildman–Crippen LogP) is 3.91. The Morgan fingerprint density at radius 1 is 0.957 bits per heavy atom.